The molecule has 122 valence electrons. The maximum atomic E-state index is 12.5. The molecule has 0 spiro atoms. The number of carbonyl (C=O) groups excluding carboxylic acids is 2. The third kappa shape index (κ3) is 2.88. The number of methoxy groups -OCH3 is 1. The summed E-state index contributed by atoms with van der Waals surface area (Å²) < 4.78 is 15.9. The average Bonchev–Trinajstić information content (AvgIpc) is 2.90. The number of hydrogen-bond acceptors (Lipinski definition) is 5. The molecule has 0 radical (unpaired) electrons. The van der Waals surface area contributed by atoms with Crippen molar-refractivity contribution in [3.63, 3.8) is 0 Å². The normalized spacial score (nSPS) is 14.7. The third-order valence-electron chi connectivity index (χ3n) is 3.74. The number of esters is 1. The molecular weight excluding hydrogens is 308 g/mol. The monoisotopic (exact) mass is 324 g/mol. The SMILES string of the molecule is COc1ccc2c(c1)OC(=C(C)c1ccc(OC(C)=O)cc1)C2=O. The van der Waals surface area contributed by atoms with E-state index in [1.165, 1.54) is 6.92 Å². The van der Waals surface area contributed by atoms with Crippen LogP contribution in [0.5, 0.6) is 17.2 Å². The molecule has 24 heavy (non-hydrogen) atoms. The van der Waals surface area contributed by atoms with Crippen LogP contribution in [0, 0.1) is 0 Å². The first kappa shape index (κ1) is 15.8. The molecule has 0 atom stereocenters. The second-order valence-corrected chi connectivity index (χ2v) is 5.37. The van der Waals surface area contributed by atoms with Gasteiger partial charge in [0.25, 0.3) is 0 Å². The van der Waals surface area contributed by atoms with Gasteiger partial charge in [-0.05, 0) is 36.8 Å². The van der Waals surface area contributed by atoms with Crippen LogP contribution in [-0.4, -0.2) is 18.9 Å². The molecule has 3 rings (SSSR count). The van der Waals surface area contributed by atoms with Crippen molar-refractivity contribution in [2.45, 2.75) is 13.8 Å². The van der Waals surface area contributed by atoms with Gasteiger partial charge in [-0.1, -0.05) is 12.1 Å². The Morgan fingerprint density at radius 3 is 2.29 bits per heavy atom. The lowest BCUT2D eigenvalue weighted by Crippen LogP contribution is -2.03. The lowest BCUT2D eigenvalue weighted by molar-refractivity contribution is -0.131. The molecule has 1 aliphatic rings. The summed E-state index contributed by atoms with van der Waals surface area (Å²) in [7, 11) is 1.56. The molecule has 0 unspecified atom stereocenters. The van der Waals surface area contributed by atoms with Gasteiger partial charge < -0.3 is 14.2 Å². The minimum atomic E-state index is -0.378. The average molecular weight is 324 g/mol. The van der Waals surface area contributed by atoms with Gasteiger partial charge in [-0.15, -0.1) is 0 Å². The van der Waals surface area contributed by atoms with E-state index in [9.17, 15) is 9.59 Å². The zero-order valence-corrected chi connectivity index (χ0v) is 13.6. The summed E-state index contributed by atoms with van der Waals surface area (Å²) in [4.78, 5) is 23.5. The number of hydrogen-bond donors (Lipinski definition) is 0. The highest BCUT2D eigenvalue weighted by Gasteiger charge is 2.29. The van der Waals surface area contributed by atoms with Crippen molar-refractivity contribution in [2.75, 3.05) is 7.11 Å². The number of rotatable bonds is 3. The Morgan fingerprint density at radius 1 is 1.00 bits per heavy atom. The van der Waals surface area contributed by atoms with Gasteiger partial charge in [0.2, 0.25) is 5.78 Å². The van der Waals surface area contributed by atoms with Gasteiger partial charge >= 0.3 is 5.97 Å². The van der Waals surface area contributed by atoms with E-state index in [1.807, 2.05) is 6.92 Å². The van der Waals surface area contributed by atoms with Gasteiger partial charge in [-0.25, -0.2) is 0 Å². The standard InChI is InChI=1S/C19H16O5/c1-11(13-4-6-14(7-5-13)23-12(2)20)19-18(21)16-9-8-15(22-3)10-17(16)24-19/h4-10H,1-3H3. The smallest absolute Gasteiger partial charge is 0.308 e. The first-order chi connectivity index (χ1) is 11.5. The van der Waals surface area contributed by atoms with E-state index in [1.54, 1.807) is 49.6 Å². The fourth-order valence-corrected chi connectivity index (χ4v) is 2.50. The van der Waals surface area contributed by atoms with E-state index in [0.717, 1.165) is 5.56 Å². The molecule has 0 N–H and O–H groups in total. The number of allylic oxidation sites excluding steroid dienone is 2. The fourth-order valence-electron chi connectivity index (χ4n) is 2.50. The van der Waals surface area contributed by atoms with Crippen LogP contribution >= 0.6 is 0 Å². The topological polar surface area (TPSA) is 61.8 Å². The quantitative estimate of drug-likeness (QED) is 0.490. The van der Waals surface area contributed by atoms with Crippen molar-refractivity contribution in [1.82, 2.24) is 0 Å². The van der Waals surface area contributed by atoms with Gasteiger partial charge in [0, 0.05) is 18.6 Å². The van der Waals surface area contributed by atoms with Gasteiger partial charge in [-0.3, -0.25) is 9.59 Å². The summed E-state index contributed by atoms with van der Waals surface area (Å²) in [5.74, 6) is 1.33. The van der Waals surface area contributed by atoms with Gasteiger partial charge in [-0.2, -0.15) is 0 Å². The highest BCUT2D eigenvalue weighted by atomic mass is 16.5. The number of ketones is 1. The van der Waals surface area contributed by atoms with Crippen molar-refractivity contribution in [1.29, 1.82) is 0 Å². The first-order valence-electron chi connectivity index (χ1n) is 7.40. The molecule has 5 heteroatoms. The maximum absolute atomic E-state index is 12.5. The summed E-state index contributed by atoms with van der Waals surface area (Å²) in [6.45, 7) is 3.16. The zero-order valence-electron chi connectivity index (χ0n) is 13.6. The molecule has 2 aromatic carbocycles. The van der Waals surface area contributed by atoms with Crippen LogP contribution < -0.4 is 14.2 Å². The molecule has 0 fully saturated rings. The predicted octanol–water partition coefficient (Wildman–Crippen LogP) is 3.63. The van der Waals surface area contributed by atoms with Crippen LogP contribution in [0.1, 0.15) is 29.8 Å². The molecular formula is C19H16O5. The molecule has 0 saturated carbocycles. The molecule has 0 amide bonds. The minimum Gasteiger partial charge on any atom is -0.497 e. The van der Waals surface area contributed by atoms with Crippen molar-refractivity contribution in [3.8, 4) is 17.2 Å². The largest absolute Gasteiger partial charge is 0.497 e. The van der Waals surface area contributed by atoms with E-state index in [2.05, 4.69) is 0 Å². The fraction of sp³-hybridized carbons (Fsp3) is 0.158. The van der Waals surface area contributed by atoms with Crippen LogP contribution in [-0.2, 0) is 4.79 Å². The number of Topliss-reactive ketones (excluding diaryl/α,β-unsaturated/α-hetero) is 1. The van der Waals surface area contributed by atoms with E-state index in [-0.39, 0.29) is 11.8 Å². The highest BCUT2D eigenvalue weighted by Crippen LogP contribution is 2.37. The summed E-state index contributed by atoms with van der Waals surface area (Å²) in [5, 5.41) is 0. The van der Waals surface area contributed by atoms with E-state index in [4.69, 9.17) is 14.2 Å². The molecule has 2 aromatic rings. The summed E-state index contributed by atoms with van der Waals surface area (Å²) in [6, 6.07) is 12.0. The lowest BCUT2D eigenvalue weighted by Gasteiger charge is -2.07. The van der Waals surface area contributed by atoms with Crippen molar-refractivity contribution in [2.24, 2.45) is 0 Å². The van der Waals surface area contributed by atoms with Crippen LogP contribution in [0.4, 0.5) is 0 Å². The second-order valence-electron chi connectivity index (χ2n) is 5.37. The van der Waals surface area contributed by atoms with Crippen LogP contribution in [0.25, 0.3) is 5.57 Å². The molecule has 1 heterocycles. The van der Waals surface area contributed by atoms with Crippen molar-refractivity contribution >= 4 is 17.3 Å². The Balaban J connectivity index is 1.92. The molecule has 0 aliphatic carbocycles. The van der Waals surface area contributed by atoms with Crippen LogP contribution in [0.15, 0.2) is 48.2 Å². The summed E-state index contributed by atoms with van der Waals surface area (Å²) in [5.41, 5.74) is 2.04. The number of carbonyl (C=O) groups is 2. The lowest BCUT2D eigenvalue weighted by atomic mass is 10.0. The first-order valence-corrected chi connectivity index (χ1v) is 7.40. The highest BCUT2D eigenvalue weighted by molar-refractivity contribution is 6.16. The second kappa shape index (κ2) is 6.20. The van der Waals surface area contributed by atoms with Gasteiger partial charge in [0.05, 0.1) is 12.7 Å². The number of ether oxygens (including phenoxy) is 3. The maximum Gasteiger partial charge on any atom is 0.308 e. The Labute approximate surface area is 139 Å². The molecule has 0 aromatic heterocycles. The molecule has 5 nitrogen and oxygen atoms in total. The molecule has 1 aliphatic heterocycles. The van der Waals surface area contributed by atoms with Crippen LogP contribution in [0.2, 0.25) is 0 Å². The van der Waals surface area contributed by atoms with Crippen molar-refractivity contribution < 1.29 is 23.8 Å². The number of fused-ring (bicyclic) bond motifs is 1. The number of benzene rings is 2. The molecule has 0 saturated heterocycles. The van der Waals surface area contributed by atoms with Crippen LogP contribution in [0.3, 0.4) is 0 Å². The van der Waals surface area contributed by atoms with E-state index >= 15 is 0 Å². The van der Waals surface area contributed by atoms with Gasteiger partial charge in [0.15, 0.2) is 5.76 Å². The van der Waals surface area contributed by atoms with E-state index < -0.39 is 0 Å². The summed E-state index contributed by atoms with van der Waals surface area (Å²) >= 11 is 0. The predicted molar refractivity (Wildman–Crippen MR) is 88.3 cm³/mol. The Morgan fingerprint density at radius 2 is 1.67 bits per heavy atom. The van der Waals surface area contributed by atoms with Crippen molar-refractivity contribution in [3.05, 3.63) is 59.4 Å². The summed E-state index contributed by atoms with van der Waals surface area (Å²) in [6.07, 6.45) is 0. The van der Waals surface area contributed by atoms with Gasteiger partial charge in [0.1, 0.15) is 17.2 Å². The zero-order chi connectivity index (χ0) is 17.3. The third-order valence-corrected chi connectivity index (χ3v) is 3.74. The Kier molecular flexibility index (Phi) is 4.08. The van der Waals surface area contributed by atoms with E-state index in [0.29, 0.717) is 34.1 Å². The minimum absolute atomic E-state index is 0.158. The Bertz CT molecular complexity index is 847. The Hall–Kier alpha value is -3.08. The molecule has 0 bridgehead atoms.